The molecule has 0 bridgehead atoms. The summed E-state index contributed by atoms with van der Waals surface area (Å²) >= 11 is 0. The Morgan fingerprint density at radius 2 is 1.81 bits per heavy atom. The van der Waals surface area contributed by atoms with E-state index in [2.05, 4.69) is 5.43 Å². The molecule has 2 N–H and O–H groups in total. The highest BCUT2D eigenvalue weighted by molar-refractivity contribution is 5.77. The maximum atomic E-state index is 11.8. The number of methoxy groups -OCH3 is 1. The predicted octanol–water partition coefficient (Wildman–Crippen LogP) is 2.03. The van der Waals surface area contributed by atoms with E-state index < -0.39 is 24.2 Å². The fourth-order valence-corrected chi connectivity index (χ4v) is 1.50. The number of carboxylic acid groups (broad SMARTS) is 1. The van der Waals surface area contributed by atoms with Crippen molar-refractivity contribution >= 4 is 17.7 Å². The normalized spacial score (nSPS) is 10.7. The molecule has 0 aliphatic rings. The van der Waals surface area contributed by atoms with Crippen LogP contribution in [0.3, 0.4) is 0 Å². The molecule has 0 aliphatic carbocycles. The number of ether oxygens (including phenoxy) is 2. The van der Waals surface area contributed by atoms with Crippen molar-refractivity contribution in [2.24, 2.45) is 0 Å². The number of carbonyl (C=O) groups excluding carboxylic acids is 1. The molecule has 0 unspecified atom stereocenters. The van der Waals surface area contributed by atoms with Crippen molar-refractivity contribution in [2.75, 3.05) is 18.7 Å². The summed E-state index contributed by atoms with van der Waals surface area (Å²) in [6, 6.07) is 6.61. The van der Waals surface area contributed by atoms with Crippen LogP contribution in [-0.2, 0) is 9.53 Å². The molecular weight excluding hydrogens is 276 g/mol. The van der Waals surface area contributed by atoms with E-state index in [-0.39, 0.29) is 0 Å². The Kier molecular flexibility index (Phi) is 5.40. The van der Waals surface area contributed by atoms with Crippen molar-refractivity contribution < 1.29 is 24.2 Å². The fourth-order valence-electron chi connectivity index (χ4n) is 1.50. The van der Waals surface area contributed by atoms with Gasteiger partial charge in [0.05, 0.1) is 12.8 Å². The number of carbonyl (C=O) groups is 2. The van der Waals surface area contributed by atoms with Crippen LogP contribution in [0.1, 0.15) is 20.8 Å². The van der Waals surface area contributed by atoms with Crippen LogP contribution in [0.25, 0.3) is 0 Å². The molecule has 7 heteroatoms. The molecule has 0 saturated heterocycles. The monoisotopic (exact) mass is 296 g/mol. The maximum Gasteiger partial charge on any atom is 0.426 e. The second-order valence-corrected chi connectivity index (χ2v) is 5.29. The van der Waals surface area contributed by atoms with Gasteiger partial charge in [0.25, 0.3) is 0 Å². The lowest BCUT2D eigenvalue weighted by molar-refractivity contribution is -0.135. The second-order valence-electron chi connectivity index (χ2n) is 5.29. The number of anilines is 1. The minimum atomic E-state index is -1.08. The molecule has 1 rings (SSSR count). The van der Waals surface area contributed by atoms with Crippen LogP contribution in [0.2, 0.25) is 0 Å². The fraction of sp³-hybridized carbons (Fsp3) is 0.429. The summed E-state index contributed by atoms with van der Waals surface area (Å²) in [6.07, 6.45) is -0.723. The van der Waals surface area contributed by atoms with Crippen LogP contribution >= 0.6 is 0 Å². The summed E-state index contributed by atoms with van der Waals surface area (Å²) in [7, 11) is 1.53. The van der Waals surface area contributed by atoms with E-state index >= 15 is 0 Å². The van der Waals surface area contributed by atoms with E-state index in [4.69, 9.17) is 14.6 Å². The van der Waals surface area contributed by atoms with Crippen LogP contribution in [0, 0.1) is 0 Å². The number of amides is 1. The van der Waals surface area contributed by atoms with Gasteiger partial charge in [-0.3, -0.25) is 9.80 Å². The molecule has 0 aromatic heterocycles. The first-order valence-electron chi connectivity index (χ1n) is 6.34. The number of nitrogens with one attached hydrogen (secondary N) is 1. The van der Waals surface area contributed by atoms with E-state index in [0.29, 0.717) is 11.4 Å². The Labute approximate surface area is 123 Å². The minimum Gasteiger partial charge on any atom is -0.497 e. The quantitative estimate of drug-likeness (QED) is 0.808. The number of nitrogens with zero attached hydrogens (tertiary/aromatic N) is 1. The van der Waals surface area contributed by atoms with Gasteiger partial charge in [-0.05, 0) is 45.0 Å². The molecule has 1 aromatic rings. The van der Waals surface area contributed by atoms with Gasteiger partial charge in [-0.15, -0.1) is 0 Å². The molecule has 21 heavy (non-hydrogen) atoms. The first-order chi connectivity index (χ1) is 9.71. The van der Waals surface area contributed by atoms with Gasteiger partial charge in [0, 0.05) is 0 Å². The zero-order valence-electron chi connectivity index (χ0n) is 12.5. The number of hydrazine groups is 1. The number of hydrogen-bond acceptors (Lipinski definition) is 5. The van der Waals surface area contributed by atoms with Gasteiger partial charge in [-0.1, -0.05) is 0 Å². The Hall–Kier alpha value is -2.44. The molecule has 0 saturated carbocycles. The summed E-state index contributed by atoms with van der Waals surface area (Å²) < 4.78 is 10.1. The highest BCUT2D eigenvalue weighted by Crippen LogP contribution is 2.18. The minimum absolute atomic E-state index is 0.397. The summed E-state index contributed by atoms with van der Waals surface area (Å²) in [6.45, 7) is 4.77. The maximum absolute atomic E-state index is 11.8. The Morgan fingerprint density at radius 3 is 2.24 bits per heavy atom. The third-order valence-electron chi connectivity index (χ3n) is 2.30. The smallest absolute Gasteiger partial charge is 0.426 e. The van der Waals surface area contributed by atoms with Crippen LogP contribution in [-0.4, -0.2) is 36.4 Å². The molecule has 0 fully saturated rings. The van der Waals surface area contributed by atoms with Crippen LogP contribution < -0.4 is 15.2 Å². The largest absolute Gasteiger partial charge is 0.497 e. The van der Waals surface area contributed by atoms with Crippen LogP contribution in [0.5, 0.6) is 5.75 Å². The lowest BCUT2D eigenvalue weighted by Crippen LogP contribution is -2.47. The Bertz CT molecular complexity index is 493. The highest BCUT2D eigenvalue weighted by Gasteiger charge is 2.20. The highest BCUT2D eigenvalue weighted by atomic mass is 16.6. The Balaban J connectivity index is 2.84. The van der Waals surface area contributed by atoms with Crippen LogP contribution in [0.4, 0.5) is 10.5 Å². The summed E-state index contributed by atoms with van der Waals surface area (Å²) in [5, 5.41) is 10.1. The van der Waals surface area contributed by atoms with Crippen molar-refractivity contribution in [1.82, 2.24) is 5.43 Å². The topological polar surface area (TPSA) is 88.1 Å². The van der Waals surface area contributed by atoms with Gasteiger partial charge in [0.15, 0.2) is 0 Å². The number of carboxylic acids is 1. The molecule has 1 aromatic carbocycles. The molecule has 1 amide bonds. The standard InChI is InChI=1S/C14H20N2O5/c1-14(2,3)21-13(19)15-16(9-12(17)18)10-5-7-11(20-4)8-6-10/h5-8H,9H2,1-4H3,(H,15,19)(H,17,18). The number of benzene rings is 1. The van der Waals surface area contributed by atoms with Crippen LogP contribution in [0.15, 0.2) is 24.3 Å². The first-order valence-corrected chi connectivity index (χ1v) is 6.34. The molecule has 0 aliphatic heterocycles. The molecule has 0 heterocycles. The zero-order chi connectivity index (χ0) is 16.0. The van der Waals surface area contributed by atoms with Crippen molar-refractivity contribution in [3.05, 3.63) is 24.3 Å². The van der Waals surface area contributed by atoms with Gasteiger partial charge < -0.3 is 14.6 Å². The van der Waals surface area contributed by atoms with Gasteiger partial charge in [-0.2, -0.15) is 0 Å². The van der Waals surface area contributed by atoms with E-state index in [1.807, 2.05) is 0 Å². The Morgan fingerprint density at radius 1 is 1.24 bits per heavy atom. The molecule has 7 nitrogen and oxygen atoms in total. The molecule has 0 atom stereocenters. The lowest BCUT2D eigenvalue weighted by Gasteiger charge is -2.26. The average Bonchev–Trinajstić information content (AvgIpc) is 2.35. The second kappa shape index (κ2) is 6.83. The van der Waals surface area contributed by atoms with Crippen molar-refractivity contribution in [2.45, 2.75) is 26.4 Å². The summed E-state index contributed by atoms with van der Waals surface area (Å²) in [5.41, 5.74) is 2.25. The van der Waals surface area contributed by atoms with Crippen molar-refractivity contribution in [3.63, 3.8) is 0 Å². The first kappa shape index (κ1) is 16.6. The average molecular weight is 296 g/mol. The molecule has 116 valence electrons. The van der Waals surface area contributed by atoms with Gasteiger partial charge in [-0.25, -0.2) is 10.2 Å². The third kappa shape index (κ3) is 6.03. The zero-order valence-corrected chi connectivity index (χ0v) is 12.5. The van der Waals surface area contributed by atoms with E-state index in [9.17, 15) is 9.59 Å². The van der Waals surface area contributed by atoms with Gasteiger partial charge in [0.1, 0.15) is 17.9 Å². The predicted molar refractivity (Wildman–Crippen MR) is 77.3 cm³/mol. The lowest BCUT2D eigenvalue weighted by atomic mass is 10.2. The van der Waals surface area contributed by atoms with Crippen molar-refractivity contribution in [3.8, 4) is 5.75 Å². The molecular formula is C14H20N2O5. The van der Waals surface area contributed by atoms with E-state index in [0.717, 1.165) is 0 Å². The van der Waals surface area contributed by atoms with E-state index in [1.54, 1.807) is 45.0 Å². The SMILES string of the molecule is COc1ccc(N(CC(=O)O)NC(=O)OC(C)(C)C)cc1. The van der Waals surface area contributed by atoms with Crippen molar-refractivity contribution in [1.29, 1.82) is 0 Å². The molecule has 0 spiro atoms. The number of aliphatic carboxylic acids is 1. The number of hydrogen-bond donors (Lipinski definition) is 2. The summed E-state index contributed by atoms with van der Waals surface area (Å²) in [4.78, 5) is 22.7. The van der Waals surface area contributed by atoms with E-state index in [1.165, 1.54) is 12.1 Å². The molecule has 0 radical (unpaired) electrons. The summed E-state index contributed by atoms with van der Waals surface area (Å²) in [5.74, 6) is -0.451. The van der Waals surface area contributed by atoms with Gasteiger partial charge in [0.2, 0.25) is 0 Å². The van der Waals surface area contributed by atoms with Gasteiger partial charge >= 0.3 is 12.1 Å². The number of rotatable bonds is 5. The third-order valence-corrected chi connectivity index (χ3v) is 2.30.